The zero-order valence-corrected chi connectivity index (χ0v) is 12.8. The van der Waals surface area contributed by atoms with Crippen molar-refractivity contribution in [2.75, 3.05) is 19.6 Å². The maximum absolute atomic E-state index is 11.1. The number of carboxylic acid groups (broad SMARTS) is 1. The van der Waals surface area contributed by atoms with Crippen molar-refractivity contribution in [2.45, 2.75) is 25.7 Å². The maximum atomic E-state index is 11.1. The number of hydrogen-bond donors (Lipinski definition) is 1. The molecule has 19 heavy (non-hydrogen) atoms. The topological polar surface area (TPSA) is 40.5 Å². The van der Waals surface area contributed by atoms with Crippen LogP contribution in [-0.4, -0.2) is 35.6 Å². The molecule has 0 saturated carbocycles. The normalized spacial score (nSPS) is 22.1. The lowest BCUT2D eigenvalue weighted by Gasteiger charge is -2.32. The number of carbonyl (C=O) groups is 1. The van der Waals surface area contributed by atoms with Crippen molar-refractivity contribution in [1.82, 2.24) is 4.90 Å². The average molecular weight is 326 g/mol. The Morgan fingerprint density at radius 1 is 1.58 bits per heavy atom. The SMILES string of the molecule is CC(CN1CCCC(C(=O)O)C1)c1cccc(Br)c1. The Bertz CT molecular complexity index is 450. The van der Waals surface area contributed by atoms with Gasteiger partial charge in [-0.2, -0.15) is 0 Å². The highest BCUT2D eigenvalue weighted by Gasteiger charge is 2.26. The van der Waals surface area contributed by atoms with Crippen LogP contribution in [0.4, 0.5) is 0 Å². The summed E-state index contributed by atoms with van der Waals surface area (Å²) in [6, 6.07) is 8.35. The maximum Gasteiger partial charge on any atom is 0.307 e. The van der Waals surface area contributed by atoms with E-state index in [0.717, 1.165) is 30.4 Å². The molecule has 1 aromatic rings. The van der Waals surface area contributed by atoms with Gasteiger partial charge < -0.3 is 10.0 Å². The van der Waals surface area contributed by atoms with E-state index in [1.165, 1.54) is 5.56 Å². The van der Waals surface area contributed by atoms with E-state index >= 15 is 0 Å². The number of halogens is 1. The number of hydrogen-bond acceptors (Lipinski definition) is 2. The second-order valence-electron chi connectivity index (χ2n) is 5.39. The molecule has 2 atom stereocenters. The first kappa shape index (κ1) is 14.5. The monoisotopic (exact) mass is 325 g/mol. The minimum Gasteiger partial charge on any atom is -0.481 e. The molecule has 1 aliphatic heterocycles. The lowest BCUT2D eigenvalue weighted by Crippen LogP contribution is -2.40. The molecule has 0 amide bonds. The summed E-state index contributed by atoms with van der Waals surface area (Å²) in [7, 11) is 0. The first-order valence-electron chi connectivity index (χ1n) is 6.77. The van der Waals surface area contributed by atoms with Crippen LogP contribution in [0.3, 0.4) is 0 Å². The highest BCUT2D eigenvalue weighted by molar-refractivity contribution is 9.10. The minimum absolute atomic E-state index is 0.191. The second-order valence-corrected chi connectivity index (χ2v) is 6.31. The summed E-state index contributed by atoms with van der Waals surface area (Å²) in [4.78, 5) is 13.4. The van der Waals surface area contributed by atoms with Crippen LogP contribution in [0.25, 0.3) is 0 Å². The summed E-state index contributed by atoms with van der Waals surface area (Å²) < 4.78 is 1.10. The molecule has 1 fully saturated rings. The Hall–Kier alpha value is -0.870. The summed E-state index contributed by atoms with van der Waals surface area (Å²) in [6.45, 7) is 4.84. The van der Waals surface area contributed by atoms with Crippen LogP contribution in [0, 0.1) is 5.92 Å². The van der Waals surface area contributed by atoms with Gasteiger partial charge in [-0.3, -0.25) is 4.79 Å². The van der Waals surface area contributed by atoms with E-state index < -0.39 is 5.97 Å². The lowest BCUT2D eigenvalue weighted by atomic mass is 9.95. The van der Waals surface area contributed by atoms with E-state index in [2.05, 4.69) is 39.9 Å². The lowest BCUT2D eigenvalue weighted by molar-refractivity contribution is -0.143. The highest BCUT2D eigenvalue weighted by Crippen LogP contribution is 2.23. The number of piperidine rings is 1. The third-order valence-electron chi connectivity index (χ3n) is 3.80. The summed E-state index contributed by atoms with van der Waals surface area (Å²) in [5, 5.41) is 9.11. The third kappa shape index (κ3) is 4.05. The van der Waals surface area contributed by atoms with Gasteiger partial charge in [-0.1, -0.05) is 35.0 Å². The molecule has 4 heteroatoms. The van der Waals surface area contributed by atoms with Gasteiger partial charge in [0, 0.05) is 17.6 Å². The molecule has 1 saturated heterocycles. The summed E-state index contributed by atoms with van der Waals surface area (Å²) in [5.41, 5.74) is 1.30. The molecule has 1 aliphatic rings. The Labute approximate surface area is 122 Å². The predicted molar refractivity (Wildman–Crippen MR) is 79.4 cm³/mol. The summed E-state index contributed by atoms with van der Waals surface area (Å²) in [5.74, 6) is -0.423. The van der Waals surface area contributed by atoms with Gasteiger partial charge in [0.05, 0.1) is 5.92 Å². The van der Waals surface area contributed by atoms with Crippen molar-refractivity contribution in [3.8, 4) is 0 Å². The molecule has 1 aromatic carbocycles. The van der Waals surface area contributed by atoms with Gasteiger partial charge in [-0.25, -0.2) is 0 Å². The van der Waals surface area contributed by atoms with Crippen LogP contribution < -0.4 is 0 Å². The average Bonchev–Trinajstić information content (AvgIpc) is 2.39. The van der Waals surface area contributed by atoms with Crippen molar-refractivity contribution < 1.29 is 9.90 Å². The molecule has 1 N–H and O–H groups in total. The fraction of sp³-hybridized carbons (Fsp3) is 0.533. The highest BCUT2D eigenvalue weighted by atomic mass is 79.9. The first-order valence-corrected chi connectivity index (χ1v) is 7.56. The van der Waals surface area contributed by atoms with E-state index in [-0.39, 0.29) is 5.92 Å². The van der Waals surface area contributed by atoms with Gasteiger partial charge in [0.2, 0.25) is 0 Å². The Morgan fingerprint density at radius 2 is 2.37 bits per heavy atom. The van der Waals surface area contributed by atoms with E-state index in [1.54, 1.807) is 0 Å². The van der Waals surface area contributed by atoms with Gasteiger partial charge in [0.25, 0.3) is 0 Å². The number of aliphatic carboxylic acids is 1. The van der Waals surface area contributed by atoms with Crippen molar-refractivity contribution in [2.24, 2.45) is 5.92 Å². The van der Waals surface area contributed by atoms with E-state index in [4.69, 9.17) is 5.11 Å². The van der Waals surface area contributed by atoms with Gasteiger partial charge in [0.15, 0.2) is 0 Å². The Morgan fingerprint density at radius 3 is 3.05 bits per heavy atom. The van der Waals surface area contributed by atoms with Crippen LogP contribution in [0.15, 0.2) is 28.7 Å². The molecule has 2 unspecified atom stereocenters. The molecule has 0 radical (unpaired) electrons. The molecule has 0 aromatic heterocycles. The largest absolute Gasteiger partial charge is 0.481 e. The zero-order valence-electron chi connectivity index (χ0n) is 11.2. The van der Waals surface area contributed by atoms with Crippen LogP contribution >= 0.6 is 15.9 Å². The van der Waals surface area contributed by atoms with Gasteiger partial charge >= 0.3 is 5.97 Å². The molecular weight excluding hydrogens is 306 g/mol. The van der Waals surface area contributed by atoms with Gasteiger partial charge in [-0.05, 0) is 43.0 Å². The number of carboxylic acids is 1. The number of nitrogens with zero attached hydrogens (tertiary/aromatic N) is 1. The van der Waals surface area contributed by atoms with Crippen molar-refractivity contribution in [3.05, 3.63) is 34.3 Å². The molecule has 2 rings (SSSR count). The number of benzene rings is 1. The first-order chi connectivity index (χ1) is 9.06. The zero-order chi connectivity index (χ0) is 13.8. The third-order valence-corrected chi connectivity index (χ3v) is 4.30. The molecule has 0 spiro atoms. The number of rotatable bonds is 4. The summed E-state index contributed by atoms with van der Waals surface area (Å²) in [6.07, 6.45) is 1.80. The van der Waals surface area contributed by atoms with Crippen LogP contribution in [0.5, 0.6) is 0 Å². The van der Waals surface area contributed by atoms with E-state index in [0.29, 0.717) is 12.5 Å². The quantitative estimate of drug-likeness (QED) is 0.922. The summed E-state index contributed by atoms with van der Waals surface area (Å²) >= 11 is 3.49. The standard InChI is InChI=1S/C15H20BrNO2/c1-11(12-4-2-6-14(16)8-12)9-17-7-3-5-13(10-17)15(18)19/h2,4,6,8,11,13H,3,5,7,9-10H2,1H3,(H,18,19). The smallest absolute Gasteiger partial charge is 0.307 e. The fourth-order valence-corrected chi connectivity index (χ4v) is 3.15. The van der Waals surface area contributed by atoms with Crippen molar-refractivity contribution in [1.29, 1.82) is 0 Å². The van der Waals surface area contributed by atoms with Crippen molar-refractivity contribution in [3.63, 3.8) is 0 Å². The molecule has 3 nitrogen and oxygen atoms in total. The van der Waals surface area contributed by atoms with Gasteiger partial charge in [0.1, 0.15) is 0 Å². The van der Waals surface area contributed by atoms with Crippen LogP contribution in [-0.2, 0) is 4.79 Å². The van der Waals surface area contributed by atoms with Crippen molar-refractivity contribution >= 4 is 21.9 Å². The molecular formula is C15H20BrNO2. The molecule has 0 aliphatic carbocycles. The number of likely N-dealkylation sites (tertiary alicyclic amines) is 1. The Balaban J connectivity index is 1.95. The molecule has 0 bridgehead atoms. The van der Waals surface area contributed by atoms with Crippen LogP contribution in [0.1, 0.15) is 31.2 Å². The fourth-order valence-electron chi connectivity index (χ4n) is 2.73. The van der Waals surface area contributed by atoms with E-state index in [9.17, 15) is 4.79 Å². The van der Waals surface area contributed by atoms with E-state index in [1.807, 2.05) is 12.1 Å². The second kappa shape index (κ2) is 6.53. The van der Waals surface area contributed by atoms with Crippen LogP contribution in [0.2, 0.25) is 0 Å². The van der Waals surface area contributed by atoms with Gasteiger partial charge in [-0.15, -0.1) is 0 Å². The predicted octanol–water partition coefficient (Wildman–Crippen LogP) is 3.35. The molecule has 104 valence electrons. The minimum atomic E-state index is -0.653. The Kier molecular flexibility index (Phi) is 4.99. The molecule has 1 heterocycles.